The van der Waals surface area contributed by atoms with Crippen LogP contribution in [0.3, 0.4) is 0 Å². The molecule has 0 heterocycles. The van der Waals surface area contributed by atoms with Crippen molar-refractivity contribution >= 4 is 26.0 Å². The van der Waals surface area contributed by atoms with Gasteiger partial charge in [-0.25, -0.2) is 0 Å². The van der Waals surface area contributed by atoms with Crippen LogP contribution in [0.15, 0.2) is 0 Å². The summed E-state index contributed by atoms with van der Waals surface area (Å²) in [7, 11) is -1.36. The predicted molar refractivity (Wildman–Crippen MR) is 56.7 cm³/mol. The summed E-state index contributed by atoms with van der Waals surface area (Å²) in [6, 6.07) is 3.64. The van der Waals surface area contributed by atoms with Gasteiger partial charge in [0, 0.05) is 0 Å². The van der Waals surface area contributed by atoms with Crippen molar-refractivity contribution in [2.75, 3.05) is 6.61 Å². The molecule has 64 valence electrons. The second-order valence-corrected chi connectivity index (χ2v) is 7.74. The molecule has 0 bridgehead atoms. The molecule has 0 aliphatic rings. The van der Waals surface area contributed by atoms with Crippen LogP contribution >= 0.6 is 0 Å². The molecule has 0 aliphatic carbocycles. The fourth-order valence-electron chi connectivity index (χ4n) is 1.32. The Hall–Kier alpha value is 0.334. The maximum atomic E-state index is 5.88. The van der Waals surface area contributed by atoms with Crippen molar-refractivity contribution in [3.8, 4) is 10.5 Å². The molecule has 12 heavy (non-hydrogen) atoms. The van der Waals surface area contributed by atoms with E-state index < -0.39 is 8.32 Å². The zero-order chi connectivity index (χ0) is 9.45. The molecule has 0 saturated carbocycles. The van der Waals surface area contributed by atoms with E-state index in [2.05, 4.69) is 31.3 Å². The summed E-state index contributed by atoms with van der Waals surface area (Å²) in [5.41, 5.74) is 0. The number of rotatable bonds is 5. The molecule has 0 aromatic rings. The van der Waals surface area contributed by atoms with Crippen LogP contribution in [-0.2, 0) is 4.43 Å². The Morgan fingerprint density at radius 2 is 1.67 bits per heavy atom. The second kappa shape index (κ2) is 6.81. The van der Waals surface area contributed by atoms with E-state index in [1.54, 1.807) is 0 Å². The van der Waals surface area contributed by atoms with Gasteiger partial charge in [0.05, 0.1) is 0 Å². The monoisotopic (exact) mass is 176 g/mol. The normalized spacial score (nSPS) is 10.8. The molecule has 0 radical (unpaired) electrons. The van der Waals surface area contributed by atoms with E-state index in [4.69, 9.17) is 4.43 Å². The van der Waals surface area contributed by atoms with Gasteiger partial charge in [-0.3, -0.25) is 0 Å². The minimum atomic E-state index is -1.36. The maximum absolute atomic E-state index is 5.88. The molecule has 0 amide bonds. The average molecular weight is 176 g/mol. The summed E-state index contributed by atoms with van der Waals surface area (Å²) >= 11 is 1.86. The first-order valence-corrected chi connectivity index (χ1v) is 7.31. The fourth-order valence-corrected chi connectivity index (χ4v) is 3.81. The van der Waals surface area contributed by atoms with E-state index in [0.29, 0.717) is 6.61 Å². The van der Waals surface area contributed by atoms with E-state index in [9.17, 15) is 0 Å². The van der Waals surface area contributed by atoms with Gasteiger partial charge in [0.15, 0.2) is 0 Å². The zero-order valence-corrected chi connectivity index (χ0v) is 9.74. The first-order valence-electron chi connectivity index (χ1n) is 4.78. The SMILES string of the molecule is [Li][C]#CCO[Si](CC)(CC)CC. The van der Waals surface area contributed by atoms with Crippen LogP contribution in [0.4, 0.5) is 0 Å². The van der Waals surface area contributed by atoms with Gasteiger partial charge in [0.2, 0.25) is 0 Å². The van der Waals surface area contributed by atoms with Crippen molar-refractivity contribution in [3.05, 3.63) is 0 Å². The third-order valence-corrected chi connectivity index (χ3v) is 7.18. The summed E-state index contributed by atoms with van der Waals surface area (Å²) in [5.74, 6) is 2.97. The Balaban J connectivity index is 3.98. The van der Waals surface area contributed by atoms with Crippen LogP contribution in [0.5, 0.6) is 0 Å². The van der Waals surface area contributed by atoms with Crippen LogP contribution in [0, 0.1) is 10.5 Å². The van der Waals surface area contributed by atoms with Crippen LogP contribution < -0.4 is 0 Å². The molecule has 0 aromatic heterocycles. The van der Waals surface area contributed by atoms with Gasteiger partial charge >= 0.3 is 86.5 Å². The van der Waals surface area contributed by atoms with Crippen molar-refractivity contribution in [2.24, 2.45) is 0 Å². The number of hydrogen-bond donors (Lipinski definition) is 0. The molecule has 3 heteroatoms. The molecule has 0 N–H and O–H groups in total. The van der Waals surface area contributed by atoms with Gasteiger partial charge < -0.3 is 0 Å². The Kier molecular flexibility index (Phi) is 7.00. The molecule has 0 spiro atoms. The van der Waals surface area contributed by atoms with Gasteiger partial charge in [0.25, 0.3) is 0 Å². The van der Waals surface area contributed by atoms with Gasteiger partial charge in [-0.1, -0.05) is 0 Å². The molecular weight excluding hydrogens is 159 g/mol. The Bertz CT molecular complexity index is 159. The van der Waals surface area contributed by atoms with Crippen LogP contribution in [0.1, 0.15) is 20.8 Å². The van der Waals surface area contributed by atoms with Crippen molar-refractivity contribution in [2.45, 2.75) is 38.9 Å². The van der Waals surface area contributed by atoms with E-state index in [-0.39, 0.29) is 0 Å². The zero-order valence-electron chi connectivity index (χ0n) is 8.74. The average Bonchev–Trinajstić information content (AvgIpc) is 2.14. The van der Waals surface area contributed by atoms with E-state index >= 15 is 0 Å². The van der Waals surface area contributed by atoms with Crippen LogP contribution in [-0.4, -0.2) is 32.6 Å². The molecule has 0 unspecified atom stereocenters. The molecule has 0 saturated heterocycles. The molecule has 1 nitrogen and oxygen atoms in total. The van der Waals surface area contributed by atoms with Crippen molar-refractivity contribution in [3.63, 3.8) is 0 Å². The van der Waals surface area contributed by atoms with Crippen molar-refractivity contribution in [1.82, 2.24) is 0 Å². The summed E-state index contributed by atoms with van der Waals surface area (Å²) in [6.45, 7) is 7.34. The third kappa shape index (κ3) is 3.83. The molecule has 0 rings (SSSR count). The fraction of sp³-hybridized carbons (Fsp3) is 0.778. The van der Waals surface area contributed by atoms with Gasteiger partial charge in [0.1, 0.15) is 0 Å². The van der Waals surface area contributed by atoms with Crippen molar-refractivity contribution in [1.29, 1.82) is 0 Å². The van der Waals surface area contributed by atoms with Gasteiger partial charge in [-0.15, -0.1) is 0 Å². The predicted octanol–water partition coefficient (Wildman–Crippen LogP) is 2.14. The standard InChI is InChI=1S/C9H17OSi.Li/c1-5-9-10-11(6-2,7-3)8-4;/h6-9H2,2-4H3;. The molecule has 0 aromatic carbocycles. The quantitative estimate of drug-likeness (QED) is 0.460. The Morgan fingerprint density at radius 1 is 1.17 bits per heavy atom. The Morgan fingerprint density at radius 3 is 2.00 bits per heavy atom. The summed E-state index contributed by atoms with van der Waals surface area (Å²) in [6.07, 6.45) is 0. The van der Waals surface area contributed by atoms with Crippen LogP contribution in [0.25, 0.3) is 0 Å². The first kappa shape index (κ1) is 12.3. The second-order valence-electron chi connectivity index (χ2n) is 2.96. The van der Waals surface area contributed by atoms with Gasteiger partial charge in [-0.2, -0.15) is 0 Å². The van der Waals surface area contributed by atoms with Crippen LogP contribution in [0.2, 0.25) is 18.1 Å². The van der Waals surface area contributed by atoms with E-state index in [1.165, 1.54) is 18.1 Å². The molecule has 0 aliphatic heterocycles. The molecule has 0 atom stereocenters. The summed E-state index contributed by atoms with van der Waals surface area (Å²) < 4.78 is 8.74. The molecule has 0 fully saturated rings. The third-order valence-electron chi connectivity index (χ3n) is 2.56. The minimum absolute atomic E-state index is 0.637. The summed E-state index contributed by atoms with van der Waals surface area (Å²) in [4.78, 5) is 0. The summed E-state index contributed by atoms with van der Waals surface area (Å²) in [5, 5.41) is 0. The first-order chi connectivity index (χ1) is 5.74. The molecular formula is C9H17LiOSi. The topological polar surface area (TPSA) is 9.23 Å². The van der Waals surface area contributed by atoms with Gasteiger partial charge in [-0.05, 0) is 0 Å². The number of hydrogen-bond acceptors (Lipinski definition) is 1. The van der Waals surface area contributed by atoms with Crippen molar-refractivity contribution < 1.29 is 4.43 Å². The van der Waals surface area contributed by atoms with E-state index in [1.807, 2.05) is 17.7 Å². The van der Waals surface area contributed by atoms with E-state index in [0.717, 1.165) is 0 Å². The Labute approximate surface area is 86.6 Å².